The van der Waals surface area contributed by atoms with E-state index in [1.165, 1.54) is 19.3 Å². The maximum Gasteiger partial charge on any atom is 0.163 e. The third kappa shape index (κ3) is 4.71. The van der Waals surface area contributed by atoms with Gasteiger partial charge in [0.05, 0.1) is 23.9 Å². The largest absolute Gasteiger partial charge is 0.508 e. The van der Waals surface area contributed by atoms with Crippen LogP contribution in [-0.4, -0.2) is 48.3 Å². The molecule has 32 heavy (non-hydrogen) atoms. The molecule has 166 valence electrons. The van der Waals surface area contributed by atoms with E-state index in [0.717, 1.165) is 30.6 Å². The van der Waals surface area contributed by atoms with Gasteiger partial charge >= 0.3 is 0 Å². The lowest BCUT2D eigenvalue weighted by Gasteiger charge is -2.26. The number of fused-ring (bicyclic) bond motifs is 1. The van der Waals surface area contributed by atoms with Crippen molar-refractivity contribution in [3.63, 3.8) is 0 Å². The summed E-state index contributed by atoms with van der Waals surface area (Å²) in [6, 6.07) is 11.2. The van der Waals surface area contributed by atoms with Crippen molar-refractivity contribution >= 4 is 22.3 Å². The number of benzene rings is 2. The van der Waals surface area contributed by atoms with Gasteiger partial charge in [-0.25, -0.2) is 0 Å². The fraction of sp³-hybridized carbons (Fsp3) is 0.360. The molecule has 2 aromatic carbocycles. The zero-order valence-corrected chi connectivity index (χ0v) is 18.5. The fourth-order valence-electron chi connectivity index (χ4n) is 3.99. The molecule has 7 nitrogen and oxygen atoms in total. The second-order valence-electron chi connectivity index (χ2n) is 8.06. The van der Waals surface area contributed by atoms with E-state index in [9.17, 15) is 10.4 Å². The molecule has 0 radical (unpaired) electrons. The highest BCUT2D eigenvalue weighted by atomic mass is 16.5. The highest BCUT2D eigenvalue weighted by Gasteiger charge is 2.16. The number of methoxy groups -OCH3 is 1. The van der Waals surface area contributed by atoms with Crippen LogP contribution in [0.1, 0.15) is 30.4 Å². The molecule has 1 fully saturated rings. The van der Waals surface area contributed by atoms with Crippen LogP contribution in [0, 0.1) is 18.3 Å². The molecular formula is C25H28N4O3. The molecule has 2 N–H and O–H groups in total. The molecule has 0 saturated carbocycles. The van der Waals surface area contributed by atoms with Crippen molar-refractivity contribution in [3.8, 4) is 23.3 Å². The third-order valence-corrected chi connectivity index (χ3v) is 5.87. The molecule has 1 aromatic heterocycles. The van der Waals surface area contributed by atoms with Crippen LogP contribution in [0.3, 0.4) is 0 Å². The molecule has 0 amide bonds. The van der Waals surface area contributed by atoms with E-state index in [1.54, 1.807) is 19.4 Å². The maximum atomic E-state index is 10.1. The summed E-state index contributed by atoms with van der Waals surface area (Å²) in [4.78, 5) is 6.89. The Hall–Kier alpha value is -3.50. The Kier molecular flexibility index (Phi) is 6.62. The SMILES string of the molecule is COc1cc2c(Nc3ccc(C)c(O)c3)c(C#N)cnc2cc1OCCN1CCCCC1. The molecule has 1 saturated heterocycles. The lowest BCUT2D eigenvalue weighted by molar-refractivity contribution is 0.181. The number of nitrogens with zero attached hydrogens (tertiary/aromatic N) is 3. The van der Waals surface area contributed by atoms with Crippen LogP contribution < -0.4 is 14.8 Å². The Morgan fingerprint density at radius 1 is 1.16 bits per heavy atom. The number of hydrogen-bond acceptors (Lipinski definition) is 7. The number of pyridine rings is 1. The summed E-state index contributed by atoms with van der Waals surface area (Å²) in [5.41, 5.74) is 3.16. The summed E-state index contributed by atoms with van der Waals surface area (Å²) in [7, 11) is 1.60. The van der Waals surface area contributed by atoms with Crippen molar-refractivity contribution < 1.29 is 14.6 Å². The van der Waals surface area contributed by atoms with E-state index < -0.39 is 0 Å². The van der Waals surface area contributed by atoms with Gasteiger partial charge in [-0.3, -0.25) is 9.88 Å². The number of nitrogens with one attached hydrogen (secondary N) is 1. The van der Waals surface area contributed by atoms with Crippen LogP contribution in [0.2, 0.25) is 0 Å². The van der Waals surface area contributed by atoms with Crippen LogP contribution >= 0.6 is 0 Å². The Bertz CT molecular complexity index is 1150. The summed E-state index contributed by atoms with van der Waals surface area (Å²) in [5.74, 6) is 1.41. The molecule has 3 aromatic rings. The Labute approximate surface area is 188 Å². The van der Waals surface area contributed by atoms with Crippen LogP contribution in [0.5, 0.6) is 17.2 Å². The molecular weight excluding hydrogens is 404 g/mol. The smallest absolute Gasteiger partial charge is 0.163 e. The summed E-state index contributed by atoms with van der Waals surface area (Å²) >= 11 is 0. The zero-order valence-electron chi connectivity index (χ0n) is 18.5. The molecule has 0 aliphatic carbocycles. The van der Waals surface area contributed by atoms with Gasteiger partial charge in [0, 0.05) is 35.9 Å². The normalized spacial score (nSPS) is 14.2. The summed E-state index contributed by atoms with van der Waals surface area (Å²) in [6.07, 6.45) is 5.35. The van der Waals surface area contributed by atoms with Crippen LogP contribution in [0.25, 0.3) is 10.9 Å². The Morgan fingerprint density at radius 3 is 2.69 bits per heavy atom. The molecule has 0 bridgehead atoms. The minimum absolute atomic E-state index is 0.189. The number of nitriles is 1. The first-order chi connectivity index (χ1) is 15.6. The molecule has 0 unspecified atom stereocenters. The highest BCUT2D eigenvalue weighted by Crippen LogP contribution is 2.37. The summed E-state index contributed by atoms with van der Waals surface area (Å²) < 4.78 is 11.6. The molecule has 4 rings (SSSR count). The van der Waals surface area contributed by atoms with Crippen molar-refractivity contribution in [2.75, 3.05) is 38.7 Å². The van der Waals surface area contributed by atoms with Crippen molar-refractivity contribution in [2.24, 2.45) is 0 Å². The van der Waals surface area contributed by atoms with Gasteiger partial charge in [-0.05, 0) is 50.6 Å². The summed E-state index contributed by atoms with van der Waals surface area (Å²) in [6.45, 7) is 5.54. The topological polar surface area (TPSA) is 90.6 Å². The van der Waals surface area contributed by atoms with E-state index in [-0.39, 0.29) is 5.75 Å². The first-order valence-corrected chi connectivity index (χ1v) is 10.9. The Balaban J connectivity index is 1.63. The number of anilines is 2. The second kappa shape index (κ2) is 9.75. The number of phenols is 1. The second-order valence-corrected chi connectivity index (χ2v) is 8.06. The van der Waals surface area contributed by atoms with E-state index in [2.05, 4.69) is 21.3 Å². The molecule has 0 spiro atoms. The lowest BCUT2D eigenvalue weighted by atomic mass is 10.1. The number of piperidine rings is 1. The average Bonchev–Trinajstić information content (AvgIpc) is 2.82. The standard InChI is InChI=1S/C25H28N4O3/c1-17-6-7-19(12-22(17)30)28-25-18(15-26)16-27-21-14-24(23(31-2)13-20(21)25)32-11-10-29-8-4-3-5-9-29/h6-7,12-14,16,30H,3-5,8-11H2,1-2H3,(H,27,28). The van der Waals surface area contributed by atoms with Gasteiger partial charge in [0.15, 0.2) is 11.5 Å². The van der Waals surface area contributed by atoms with Gasteiger partial charge in [0.1, 0.15) is 18.4 Å². The van der Waals surface area contributed by atoms with Gasteiger partial charge in [-0.1, -0.05) is 12.5 Å². The fourth-order valence-corrected chi connectivity index (χ4v) is 3.99. The lowest BCUT2D eigenvalue weighted by Crippen LogP contribution is -2.33. The van der Waals surface area contributed by atoms with Crippen molar-refractivity contribution in [3.05, 3.63) is 47.7 Å². The number of aryl methyl sites for hydroxylation is 1. The van der Waals surface area contributed by atoms with Gasteiger partial charge in [0.2, 0.25) is 0 Å². The maximum absolute atomic E-state index is 10.1. The van der Waals surface area contributed by atoms with Gasteiger partial charge in [-0.15, -0.1) is 0 Å². The predicted octanol–water partition coefficient (Wildman–Crippen LogP) is 4.74. The van der Waals surface area contributed by atoms with E-state index in [4.69, 9.17) is 9.47 Å². The van der Waals surface area contributed by atoms with Crippen LogP contribution in [0.4, 0.5) is 11.4 Å². The Morgan fingerprint density at radius 2 is 1.97 bits per heavy atom. The van der Waals surface area contributed by atoms with Gasteiger partial charge < -0.3 is 19.9 Å². The minimum atomic E-state index is 0.189. The molecule has 7 heteroatoms. The van der Waals surface area contributed by atoms with Gasteiger partial charge in [-0.2, -0.15) is 5.26 Å². The van der Waals surface area contributed by atoms with Crippen molar-refractivity contribution in [1.29, 1.82) is 5.26 Å². The third-order valence-electron chi connectivity index (χ3n) is 5.87. The number of aromatic nitrogens is 1. The molecule has 0 atom stereocenters. The number of phenolic OH excluding ortho intramolecular Hbond substituents is 1. The molecule has 1 aliphatic rings. The van der Waals surface area contributed by atoms with Crippen LogP contribution in [-0.2, 0) is 0 Å². The number of aromatic hydroxyl groups is 1. The number of likely N-dealkylation sites (tertiary alicyclic amines) is 1. The van der Waals surface area contributed by atoms with E-state index in [0.29, 0.717) is 40.6 Å². The van der Waals surface area contributed by atoms with E-state index in [1.807, 2.05) is 31.2 Å². The van der Waals surface area contributed by atoms with Crippen LogP contribution in [0.15, 0.2) is 36.5 Å². The first-order valence-electron chi connectivity index (χ1n) is 10.9. The minimum Gasteiger partial charge on any atom is -0.508 e. The molecule has 1 aliphatic heterocycles. The van der Waals surface area contributed by atoms with Gasteiger partial charge in [0.25, 0.3) is 0 Å². The zero-order chi connectivity index (χ0) is 22.5. The monoisotopic (exact) mass is 432 g/mol. The molecule has 2 heterocycles. The number of ether oxygens (including phenoxy) is 2. The van der Waals surface area contributed by atoms with Crippen molar-refractivity contribution in [2.45, 2.75) is 26.2 Å². The van der Waals surface area contributed by atoms with E-state index >= 15 is 0 Å². The van der Waals surface area contributed by atoms with Crippen molar-refractivity contribution in [1.82, 2.24) is 9.88 Å². The average molecular weight is 433 g/mol. The first kappa shape index (κ1) is 21.7. The summed E-state index contributed by atoms with van der Waals surface area (Å²) in [5, 5.41) is 23.7. The number of hydrogen-bond donors (Lipinski definition) is 2. The quantitative estimate of drug-likeness (QED) is 0.557. The highest BCUT2D eigenvalue weighted by molar-refractivity contribution is 5.97. The number of rotatable bonds is 7. The predicted molar refractivity (Wildman–Crippen MR) is 125 cm³/mol.